The minimum Gasteiger partial charge on any atom is -0.467 e. The van der Waals surface area contributed by atoms with Crippen LogP contribution in [0.15, 0.2) is 0 Å². The van der Waals surface area contributed by atoms with Crippen LogP contribution in [0.1, 0.15) is 26.2 Å². The first-order valence-electron chi connectivity index (χ1n) is 6.13. The van der Waals surface area contributed by atoms with Crippen molar-refractivity contribution in [3.8, 4) is 0 Å². The van der Waals surface area contributed by atoms with Gasteiger partial charge in [0.25, 0.3) is 0 Å². The topological polar surface area (TPSA) is 66.8 Å². The Morgan fingerprint density at radius 3 is 2.50 bits per heavy atom. The van der Waals surface area contributed by atoms with Crippen LogP contribution in [0.3, 0.4) is 0 Å². The highest BCUT2D eigenvalue weighted by Gasteiger charge is 2.31. The van der Waals surface area contributed by atoms with E-state index < -0.39 is 11.6 Å². The molecule has 0 spiro atoms. The molecule has 1 atom stereocenters. The van der Waals surface area contributed by atoms with Gasteiger partial charge in [-0.05, 0) is 26.2 Å². The van der Waals surface area contributed by atoms with Crippen LogP contribution < -0.4 is 0 Å². The lowest BCUT2D eigenvalue weighted by atomic mass is 10.1. The van der Waals surface area contributed by atoms with Gasteiger partial charge in [0.2, 0.25) is 5.91 Å². The largest absolute Gasteiger partial charge is 0.467 e. The fourth-order valence-corrected chi connectivity index (χ4v) is 2.83. The number of methoxy groups -OCH3 is 1. The molecule has 5 nitrogen and oxygen atoms in total. The number of carbonyl (C=O) groups excluding carboxylic acids is 2. The Kier molecular flexibility index (Phi) is 5.95. The maximum Gasteiger partial charge on any atom is 0.338 e. The van der Waals surface area contributed by atoms with E-state index in [1.165, 1.54) is 32.2 Å². The number of esters is 1. The van der Waals surface area contributed by atoms with Gasteiger partial charge in [0.15, 0.2) is 5.60 Å². The molecule has 1 amide bonds. The number of aliphatic hydroxyl groups is 1. The number of piperidine rings is 1. The van der Waals surface area contributed by atoms with Crippen molar-refractivity contribution in [2.24, 2.45) is 0 Å². The molecule has 1 saturated heterocycles. The molecule has 6 heteroatoms. The molecule has 1 aliphatic rings. The summed E-state index contributed by atoms with van der Waals surface area (Å²) >= 11 is 1.26. The van der Waals surface area contributed by atoms with Crippen molar-refractivity contribution in [3.63, 3.8) is 0 Å². The Bertz CT molecular complexity index is 300. The maximum atomic E-state index is 11.8. The minimum atomic E-state index is -1.53. The Morgan fingerprint density at radius 1 is 1.33 bits per heavy atom. The molecule has 0 aromatic rings. The van der Waals surface area contributed by atoms with Crippen molar-refractivity contribution in [1.82, 2.24) is 4.90 Å². The van der Waals surface area contributed by atoms with E-state index in [0.717, 1.165) is 25.9 Å². The van der Waals surface area contributed by atoms with Crippen molar-refractivity contribution in [2.75, 3.05) is 31.7 Å². The van der Waals surface area contributed by atoms with Crippen molar-refractivity contribution < 1.29 is 19.4 Å². The summed E-state index contributed by atoms with van der Waals surface area (Å²) in [6.07, 6.45) is 3.32. The predicted octanol–water partition coefficient (Wildman–Crippen LogP) is 0.656. The molecular formula is C12H21NO4S. The van der Waals surface area contributed by atoms with Gasteiger partial charge in [-0.1, -0.05) is 0 Å². The minimum absolute atomic E-state index is 0.0837. The highest BCUT2D eigenvalue weighted by atomic mass is 32.2. The van der Waals surface area contributed by atoms with E-state index in [9.17, 15) is 14.7 Å². The van der Waals surface area contributed by atoms with E-state index in [0.29, 0.717) is 5.75 Å². The lowest BCUT2D eigenvalue weighted by Crippen LogP contribution is -2.40. The van der Waals surface area contributed by atoms with Crippen LogP contribution in [-0.4, -0.2) is 59.2 Å². The Labute approximate surface area is 112 Å². The number of thioether (sulfide) groups is 1. The standard InChI is InChI=1S/C12H21NO4S/c1-12(16,11(15)17-2)9-18-8-10(14)13-6-4-3-5-7-13/h16H,3-9H2,1-2H3. The SMILES string of the molecule is COC(=O)C(C)(O)CSCC(=O)N1CCCCC1. The van der Waals surface area contributed by atoms with E-state index in [2.05, 4.69) is 4.74 Å². The molecule has 0 bridgehead atoms. The molecule has 18 heavy (non-hydrogen) atoms. The van der Waals surface area contributed by atoms with Crippen molar-refractivity contribution in [2.45, 2.75) is 31.8 Å². The first kappa shape index (κ1) is 15.3. The van der Waals surface area contributed by atoms with Gasteiger partial charge < -0.3 is 14.7 Å². The van der Waals surface area contributed by atoms with Crippen LogP contribution in [0.5, 0.6) is 0 Å². The highest BCUT2D eigenvalue weighted by molar-refractivity contribution is 8.00. The van der Waals surface area contributed by atoms with Gasteiger partial charge >= 0.3 is 5.97 Å². The molecule has 0 aromatic carbocycles. The summed E-state index contributed by atoms with van der Waals surface area (Å²) in [7, 11) is 1.24. The molecule has 1 unspecified atom stereocenters. The molecule has 1 fully saturated rings. The third-order valence-electron chi connectivity index (χ3n) is 2.94. The Hall–Kier alpha value is -0.750. The molecule has 1 aliphatic heterocycles. The zero-order valence-electron chi connectivity index (χ0n) is 11.0. The molecule has 1 rings (SSSR count). The highest BCUT2D eigenvalue weighted by Crippen LogP contribution is 2.16. The fourth-order valence-electron chi connectivity index (χ4n) is 1.85. The van der Waals surface area contributed by atoms with Crippen LogP contribution in [0.2, 0.25) is 0 Å². The van der Waals surface area contributed by atoms with Crippen LogP contribution in [0, 0.1) is 0 Å². The summed E-state index contributed by atoms with van der Waals surface area (Å²) < 4.78 is 4.49. The van der Waals surface area contributed by atoms with Crippen molar-refractivity contribution >= 4 is 23.6 Å². The summed E-state index contributed by atoms with van der Waals surface area (Å²) in [4.78, 5) is 24.9. The first-order valence-corrected chi connectivity index (χ1v) is 7.29. The summed E-state index contributed by atoms with van der Waals surface area (Å²) in [6, 6.07) is 0. The second-order valence-electron chi connectivity index (χ2n) is 4.70. The third-order valence-corrected chi connectivity index (χ3v) is 4.16. The van der Waals surface area contributed by atoms with Gasteiger partial charge in [0.1, 0.15) is 0 Å². The van der Waals surface area contributed by atoms with E-state index in [1.54, 1.807) is 0 Å². The normalized spacial score (nSPS) is 19.2. The van der Waals surface area contributed by atoms with E-state index >= 15 is 0 Å². The average molecular weight is 275 g/mol. The van der Waals surface area contributed by atoms with Crippen LogP contribution in [-0.2, 0) is 14.3 Å². The van der Waals surface area contributed by atoms with Crippen LogP contribution >= 0.6 is 11.8 Å². The number of amides is 1. The van der Waals surface area contributed by atoms with Crippen LogP contribution in [0.4, 0.5) is 0 Å². The summed E-state index contributed by atoms with van der Waals surface area (Å²) in [5, 5.41) is 9.79. The molecule has 1 N–H and O–H groups in total. The summed E-state index contributed by atoms with van der Waals surface area (Å²) in [5.41, 5.74) is -1.53. The van der Waals surface area contributed by atoms with E-state index in [1.807, 2.05) is 4.90 Å². The predicted molar refractivity (Wildman–Crippen MR) is 70.4 cm³/mol. The van der Waals surface area contributed by atoms with Crippen LogP contribution in [0.25, 0.3) is 0 Å². The number of hydrogen-bond acceptors (Lipinski definition) is 5. The first-order chi connectivity index (χ1) is 8.47. The zero-order valence-corrected chi connectivity index (χ0v) is 11.8. The van der Waals surface area contributed by atoms with Gasteiger partial charge in [-0.3, -0.25) is 4.79 Å². The summed E-state index contributed by atoms with van der Waals surface area (Å²) in [5.74, 6) is -0.118. The van der Waals surface area contributed by atoms with Crippen molar-refractivity contribution in [1.29, 1.82) is 0 Å². The number of ether oxygens (including phenoxy) is 1. The second kappa shape index (κ2) is 6.99. The summed E-state index contributed by atoms with van der Waals surface area (Å²) in [6.45, 7) is 3.05. The number of rotatable bonds is 5. The molecule has 0 saturated carbocycles. The molecular weight excluding hydrogens is 254 g/mol. The zero-order chi connectivity index (χ0) is 13.6. The lowest BCUT2D eigenvalue weighted by molar-refractivity contribution is -0.158. The number of carbonyl (C=O) groups is 2. The second-order valence-corrected chi connectivity index (χ2v) is 5.69. The van der Waals surface area contributed by atoms with E-state index in [-0.39, 0.29) is 11.7 Å². The van der Waals surface area contributed by atoms with Crippen molar-refractivity contribution in [3.05, 3.63) is 0 Å². The Balaban J connectivity index is 2.28. The quantitative estimate of drug-likeness (QED) is 0.746. The third kappa shape index (κ3) is 4.49. The number of hydrogen-bond donors (Lipinski definition) is 1. The van der Waals surface area contributed by atoms with Gasteiger partial charge in [0.05, 0.1) is 12.9 Å². The molecule has 104 valence electrons. The molecule has 0 aliphatic carbocycles. The molecule has 1 heterocycles. The number of nitrogens with zero attached hydrogens (tertiary/aromatic N) is 1. The van der Waals surface area contributed by atoms with Gasteiger partial charge in [0, 0.05) is 18.8 Å². The van der Waals surface area contributed by atoms with Gasteiger partial charge in [-0.25, -0.2) is 4.79 Å². The van der Waals surface area contributed by atoms with Gasteiger partial charge in [-0.2, -0.15) is 0 Å². The lowest BCUT2D eigenvalue weighted by Gasteiger charge is -2.27. The monoisotopic (exact) mass is 275 g/mol. The number of likely N-dealkylation sites (tertiary alicyclic amines) is 1. The molecule has 0 radical (unpaired) electrons. The fraction of sp³-hybridized carbons (Fsp3) is 0.833. The van der Waals surface area contributed by atoms with E-state index in [4.69, 9.17) is 0 Å². The van der Waals surface area contributed by atoms with Gasteiger partial charge in [-0.15, -0.1) is 11.8 Å². The maximum absolute atomic E-state index is 11.8. The Morgan fingerprint density at radius 2 is 1.94 bits per heavy atom. The molecule has 0 aromatic heterocycles. The average Bonchev–Trinajstić information content (AvgIpc) is 2.38. The smallest absolute Gasteiger partial charge is 0.338 e.